The van der Waals surface area contributed by atoms with Crippen molar-refractivity contribution in [3.8, 4) is 0 Å². The molecule has 9 heteroatoms. The van der Waals surface area contributed by atoms with E-state index in [9.17, 15) is 13.2 Å². The smallest absolute Gasteiger partial charge is 0.475 e. The van der Waals surface area contributed by atoms with Gasteiger partial charge in [-0.25, -0.2) is 4.79 Å². The van der Waals surface area contributed by atoms with Crippen LogP contribution in [0.4, 0.5) is 13.2 Å². The number of hydrogen-bond donors (Lipinski definition) is 2. The summed E-state index contributed by atoms with van der Waals surface area (Å²) in [5.74, 6) is -2.76. The number of hydrogen-bond acceptors (Lipinski definition) is 5. The molecule has 19 heavy (non-hydrogen) atoms. The van der Waals surface area contributed by atoms with E-state index < -0.39 is 12.1 Å². The molecule has 0 amide bonds. The summed E-state index contributed by atoms with van der Waals surface area (Å²) in [6, 6.07) is 0. The molecule has 1 fully saturated rings. The molecule has 2 N–H and O–H groups in total. The van der Waals surface area contributed by atoms with Gasteiger partial charge in [0.15, 0.2) is 0 Å². The first-order valence-corrected chi connectivity index (χ1v) is 5.57. The van der Waals surface area contributed by atoms with Crippen LogP contribution in [0.3, 0.4) is 0 Å². The number of carboxylic acid groups (broad SMARTS) is 1. The summed E-state index contributed by atoms with van der Waals surface area (Å²) in [6.07, 6.45) is -4.67. The molecule has 0 spiro atoms. The van der Waals surface area contributed by atoms with E-state index in [1.165, 1.54) is 0 Å². The van der Waals surface area contributed by atoms with Crippen LogP contribution in [0.2, 0.25) is 0 Å². The zero-order valence-electron chi connectivity index (χ0n) is 10.5. The summed E-state index contributed by atoms with van der Waals surface area (Å²) in [4.78, 5) is 8.90. The topological polar surface area (TPSA) is 77.0 Å². The lowest BCUT2D eigenvalue weighted by Gasteiger charge is -2.26. The van der Waals surface area contributed by atoms with Gasteiger partial charge in [-0.05, 0) is 0 Å². The number of carbonyl (C=O) groups is 1. The lowest BCUT2D eigenvalue weighted by atomic mass is 10.2. The molecule has 1 rings (SSSR count). The second-order valence-corrected chi connectivity index (χ2v) is 3.56. The maximum Gasteiger partial charge on any atom is 0.490 e. The van der Waals surface area contributed by atoms with Crippen LogP contribution < -0.4 is 5.32 Å². The molecular weight excluding hydrogens is 271 g/mol. The van der Waals surface area contributed by atoms with Crippen molar-refractivity contribution in [2.24, 2.45) is 0 Å². The zero-order chi connectivity index (χ0) is 14.7. The van der Waals surface area contributed by atoms with Crippen molar-refractivity contribution in [3.63, 3.8) is 0 Å². The zero-order valence-corrected chi connectivity index (χ0v) is 10.5. The van der Waals surface area contributed by atoms with Gasteiger partial charge in [-0.3, -0.25) is 0 Å². The second-order valence-electron chi connectivity index (χ2n) is 3.56. The Bertz CT molecular complexity index is 246. The molecular formula is C10H18F3NO5. The van der Waals surface area contributed by atoms with Crippen molar-refractivity contribution in [1.29, 1.82) is 0 Å². The van der Waals surface area contributed by atoms with Gasteiger partial charge < -0.3 is 24.6 Å². The molecule has 1 saturated heterocycles. The fraction of sp³-hybridized carbons (Fsp3) is 0.900. The van der Waals surface area contributed by atoms with Crippen molar-refractivity contribution in [3.05, 3.63) is 0 Å². The molecule has 114 valence electrons. The predicted molar refractivity (Wildman–Crippen MR) is 59.0 cm³/mol. The highest BCUT2D eigenvalue weighted by atomic mass is 19.4. The Balaban J connectivity index is 0.000000399. The van der Waals surface area contributed by atoms with Gasteiger partial charge in [-0.2, -0.15) is 13.2 Å². The van der Waals surface area contributed by atoms with Gasteiger partial charge in [0.1, 0.15) is 0 Å². The Morgan fingerprint density at radius 3 is 2.16 bits per heavy atom. The molecule has 0 bridgehead atoms. The van der Waals surface area contributed by atoms with E-state index in [1.807, 2.05) is 0 Å². The van der Waals surface area contributed by atoms with Gasteiger partial charge in [-0.15, -0.1) is 0 Å². The van der Waals surface area contributed by atoms with E-state index in [0.717, 1.165) is 13.1 Å². The first-order valence-electron chi connectivity index (χ1n) is 5.57. The van der Waals surface area contributed by atoms with Gasteiger partial charge in [0.25, 0.3) is 0 Å². The molecule has 1 heterocycles. The van der Waals surface area contributed by atoms with Gasteiger partial charge >= 0.3 is 12.1 Å². The number of rotatable bonds is 7. The van der Waals surface area contributed by atoms with Gasteiger partial charge in [0.2, 0.25) is 0 Å². The molecule has 0 aromatic carbocycles. The Kier molecular flexibility index (Phi) is 9.48. The maximum atomic E-state index is 10.6. The molecule has 0 aromatic heterocycles. The van der Waals surface area contributed by atoms with Crippen LogP contribution in [0.5, 0.6) is 0 Å². The average molecular weight is 289 g/mol. The van der Waals surface area contributed by atoms with E-state index >= 15 is 0 Å². The standard InChI is InChI=1S/C8H17NO3.C2HF3O2/c1-10-2-3-11-4-5-12-8-6-9-7-8;3-2(4,5)1(6)7/h8-9H,2-7H2,1H3;(H,6,7). The van der Waals surface area contributed by atoms with Crippen LogP contribution >= 0.6 is 0 Å². The fourth-order valence-corrected chi connectivity index (χ4v) is 0.898. The summed E-state index contributed by atoms with van der Waals surface area (Å²) in [6.45, 7) is 4.64. The number of ether oxygens (including phenoxy) is 3. The third-order valence-electron chi connectivity index (χ3n) is 2.00. The Labute approximate surface area is 108 Å². The molecule has 6 nitrogen and oxygen atoms in total. The lowest BCUT2D eigenvalue weighted by molar-refractivity contribution is -0.192. The molecule has 0 aliphatic carbocycles. The molecule has 1 aliphatic rings. The van der Waals surface area contributed by atoms with Crippen LogP contribution in [-0.2, 0) is 19.0 Å². The summed E-state index contributed by atoms with van der Waals surface area (Å²) >= 11 is 0. The molecule has 0 unspecified atom stereocenters. The lowest BCUT2D eigenvalue weighted by Crippen LogP contribution is -2.48. The van der Waals surface area contributed by atoms with E-state index in [-0.39, 0.29) is 0 Å². The summed E-state index contributed by atoms with van der Waals surface area (Å²) in [5, 5.41) is 10.3. The molecule has 0 aromatic rings. The highest BCUT2D eigenvalue weighted by Gasteiger charge is 2.38. The minimum absolute atomic E-state index is 0.413. The first kappa shape index (κ1) is 18.1. The fourth-order valence-electron chi connectivity index (χ4n) is 0.898. The Morgan fingerprint density at radius 2 is 1.79 bits per heavy atom. The quantitative estimate of drug-likeness (QED) is 0.655. The van der Waals surface area contributed by atoms with Crippen molar-refractivity contribution in [2.45, 2.75) is 12.3 Å². The van der Waals surface area contributed by atoms with Crippen molar-refractivity contribution < 1.29 is 37.3 Å². The normalized spacial score (nSPS) is 15.4. The van der Waals surface area contributed by atoms with Gasteiger partial charge in [0.05, 0.1) is 32.5 Å². The largest absolute Gasteiger partial charge is 0.490 e. The summed E-state index contributed by atoms with van der Waals surface area (Å²) < 4.78 is 47.2. The Hall–Kier alpha value is -0.900. The van der Waals surface area contributed by atoms with E-state index in [0.29, 0.717) is 32.5 Å². The minimum atomic E-state index is -5.08. The number of carboxylic acids is 1. The summed E-state index contributed by atoms with van der Waals surface area (Å²) in [5.41, 5.74) is 0. The third kappa shape index (κ3) is 10.7. The molecule has 0 radical (unpaired) electrons. The predicted octanol–water partition coefficient (Wildman–Crippen LogP) is 0.271. The number of halogens is 3. The third-order valence-corrected chi connectivity index (χ3v) is 2.00. The number of nitrogens with one attached hydrogen (secondary N) is 1. The van der Waals surface area contributed by atoms with Gasteiger partial charge in [0, 0.05) is 20.2 Å². The van der Waals surface area contributed by atoms with Crippen LogP contribution in [0.1, 0.15) is 0 Å². The summed E-state index contributed by atoms with van der Waals surface area (Å²) in [7, 11) is 1.67. The van der Waals surface area contributed by atoms with E-state index in [4.69, 9.17) is 24.1 Å². The van der Waals surface area contributed by atoms with Crippen LogP contribution in [0.15, 0.2) is 0 Å². The first-order chi connectivity index (χ1) is 8.88. The monoisotopic (exact) mass is 289 g/mol. The highest BCUT2D eigenvalue weighted by Crippen LogP contribution is 2.13. The minimum Gasteiger partial charge on any atom is -0.475 e. The van der Waals surface area contributed by atoms with E-state index in [2.05, 4.69) is 5.32 Å². The maximum absolute atomic E-state index is 10.6. The highest BCUT2D eigenvalue weighted by molar-refractivity contribution is 5.73. The number of aliphatic carboxylic acids is 1. The molecule has 1 aliphatic heterocycles. The van der Waals surface area contributed by atoms with Crippen molar-refractivity contribution in [2.75, 3.05) is 46.6 Å². The van der Waals surface area contributed by atoms with Crippen LogP contribution in [0, 0.1) is 0 Å². The average Bonchev–Trinajstić information content (AvgIpc) is 2.25. The number of alkyl halides is 3. The van der Waals surface area contributed by atoms with Crippen molar-refractivity contribution >= 4 is 5.97 Å². The molecule has 0 atom stereocenters. The van der Waals surface area contributed by atoms with Crippen LogP contribution in [-0.4, -0.2) is 70.0 Å². The molecule has 0 saturated carbocycles. The van der Waals surface area contributed by atoms with Gasteiger partial charge in [-0.1, -0.05) is 0 Å². The Morgan fingerprint density at radius 1 is 1.26 bits per heavy atom. The second kappa shape index (κ2) is 9.96. The number of methoxy groups -OCH3 is 1. The van der Waals surface area contributed by atoms with Crippen LogP contribution in [0.25, 0.3) is 0 Å². The van der Waals surface area contributed by atoms with Crippen molar-refractivity contribution in [1.82, 2.24) is 5.32 Å². The SMILES string of the molecule is COCCOCCOC1CNC1.O=C(O)C(F)(F)F. The van der Waals surface area contributed by atoms with E-state index in [1.54, 1.807) is 7.11 Å².